The van der Waals surface area contributed by atoms with Crippen molar-refractivity contribution in [1.29, 1.82) is 0 Å². The Morgan fingerprint density at radius 3 is 2.75 bits per heavy atom. The average Bonchev–Trinajstić information content (AvgIpc) is 2.80. The molecule has 0 aliphatic carbocycles. The third kappa shape index (κ3) is 5.49. The van der Waals surface area contributed by atoms with Gasteiger partial charge in [0.1, 0.15) is 0 Å². The topological polar surface area (TPSA) is 143 Å². The predicted octanol–water partition coefficient (Wildman–Crippen LogP) is -0.184. The van der Waals surface area contributed by atoms with Gasteiger partial charge in [-0.25, -0.2) is 13.4 Å². The van der Waals surface area contributed by atoms with E-state index < -0.39 is 39.9 Å². The summed E-state index contributed by atoms with van der Waals surface area (Å²) in [5.41, 5.74) is 5.17. The highest BCUT2D eigenvalue weighted by atomic mass is 32.2. The monoisotopic (exact) mass is 411 g/mol. The van der Waals surface area contributed by atoms with Gasteiger partial charge in [-0.1, -0.05) is 13.0 Å². The molecule has 1 fully saturated rings. The molecule has 2 heterocycles. The first-order valence-electron chi connectivity index (χ1n) is 9.17. The summed E-state index contributed by atoms with van der Waals surface area (Å²) >= 11 is 0. The molecule has 0 bridgehead atoms. The van der Waals surface area contributed by atoms with Crippen molar-refractivity contribution < 1.29 is 23.1 Å². The Kier molecular flexibility index (Phi) is 7.50. The van der Waals surface area contributed by atoms with Crippen molar-refractivity contribution in [1.82, 2.24) is 14.6 Å². The molecule has 1 aliphatic heterocycles. The first-order chi connectivity index (χ1) is 13.1. The van der Waals surface area contributed by atoms with Gasteiger partial charge in [0.15, 0.2) is 5.03 Å². The molecule has 4 atom stereocenters. The minimum Gasteiger partial charge on any atom is -0.390 e. The van der Waals surface area contributed by atoms with Gasteiger partial charge in [-0.15, -0.1) is 0 Å². The number of carbonyl (C=O) groups is 2. The maximum absolute atomic E-state index is 12.9. The molecule has 1 aromatic heterocycles. The number of β-amino-alcohol motifs (C(OH)–C–C–N with tert-alkyl or cyclic N) is 1. The Hall–Kier alpha value is -2.04. The van der Waals surface area contributed by atoms with Crippen LogP contribution in [-0.4, -0.2) is 59.4 Å². The summed E-state index contributed by atoms with van der Waals surface area (Å²) in [7, 11) is -3.86. The molecule has 1 radical (unpaired) electrons. The van der Waals surface area contributed by atoms with Gasteiger partial charge in [0.25, 0.3) is 10.0 Å². The number of hydrogen-bond acceptors (Lipinski definition) is 6. The van der Waals surface area contributed by atoms with Gasteiger partial charge in [0.2, 0.25) is 11.8 Å². The number of hydrogen-bond donors (Lipinski definition) is 3. The minimum atomic E-state index is -3.86. The van der Waals surface area contributed by atoms with Crippen LogP contribution in [0.15, 0.2) is 29.4 Å². The van der Waals surface area contributed by atoms with Crippen LogP contribution in [0, 0.1) is 12.3 Å². The van der Waals surface area contributed by atoms with E-state index in [-0.39, 0.29) is 24.0 Å². The second kappa shape index (κ2) is 9.44. The molecule has 1 unspecified atom stereocenters. The van der Waals surface area contributed by atoms with Crippen molar-refractivity contribution >= 4 is 21.8 Å². The number of nitrogens with one attached hydrogen (secondary N) is 1. The van der Waals surface area contributed by atoms with E-state index in [1.54, 1.807) is 26.0 Å². The van der Waals surface area contributed by atoms with E-state index in [0.717, 1.165) is 0 Å². The van der Waals surface area contributed by atoms with Crippen LogP contribution >= 0.6 is 0 Å². The summed E-state index contributed by atoms with van der Waals surface area (Å²) in [6.45, 7) is 3.23. The molecule has 0 saturated carbocycles. The van der Waals surface area contributed by atoms with Crippen molar-refractivity contribution in [2.24, 2.45) is 11.7 Å². The van der Waals surface area contributed by atoms with E-state index >= 15 is 0 Å². The summed E-state index contributed by atoms with van der Waals surface area (Å²) in [5.74, 6) is -1.39. The number of pyridine rings is 1. The molecule has 2 amide bonds. The summed E-state index contributed by atoms with van der Waals surface area (Å²) in [6.07, 6.45) is 2.72. The van der Waals surface area contributed by atoms with Crippen LogP contribution < -0.4 is 11.1 Å². The molecule has 155 valence electrons. The number of primary amides is 1. The Balaban J connectivity index is 2.04. The molecule has 28 heavy (non-hydrogen) atoms. The van der Waals surface area contributed by atoms with E-state index in [9.17, 15) is 23.1 Å². The second-order valence-electron chi connectivity index (χ2n) is 7.09. The number of rotatable bonds is 7. The molecule has 1 saturated heterocycles. The van der Waals surface area contributed by atoms with Crippen LogP contribution in [0.3, 0.4) is 0 Å². The highest BCUT2D eigenvalue weighted by molar-refractivity contribution is 7.89. The van der Waals surface area contributed by atoms with Crippen LogP contribution in [0.4, 0.5) is 0 Å². The zero-order chi connectivity index (χ0) is 20.9. The largest absolute Gasteiger partial charge is 0.390 e. The Morgan fingerprint density at radius 2 is 2.14 bits per heavy atom. The fourth-order valence-corrected chi connectivity index (χ4v) is 4.63. The fourth-order valence-electron chi connectivity index (χ4n) is 3.01. The second-order valence-corrected chi connectivity index (χ2v) is 8.93. The zero-order valence-electron chi connectivity index (χ0n) is 16.0. The lowest BCUT2D eigenvalue weighted by Gasteiger charge is -2.27. The number of carbonyl (C=O) groups excluding carboxylic acids is 2. The maximum Gasteiger partial charge on any atom is 0.260 e. The minimum absolute atomic E-state index is 0.0784. The van der Waals surface area contributed by atoms with Gasteiger partial charge in [-0.3, -0.25) is 9.59 Å². The van der Waals surface area contributed by atoms with E-state index in [4.69, 9.17) is 5.73 Å². The van der Waals surface area contributed by atoms with Gasteiger partial charge in [-0.2, -0.15) is 4.31 Å². The highest BCUT2D eigenvalue weighted by Crippen LogP contribution is 2.24. The quantitative estimate of drug-likeness (QED) is 0.568. The third-order valence-electron chi connectivity index (χ3n) is 4.90. The summed E-state index contributed by atoms with van der Waals surface area (Å²) in [4.78, 5) is 27.1. The predicted molar refractivity (Wildman–Crippen MR) is 102 cm³/mol. The number of amides is 2. The summed E-state index contributed by atoms with van der Waals surface area (Å²) in [6, 6.07) is 3.67. The smallest absolute Gasteiger partial charge is 0.260 e. The third-order valence-corrected chi connectivity index (χ3v) is 6.80. The molecule has 10 heteroatoms. The molecule has 1 aliphatic rings. The Labute approximate surface area is 165 Å². The van der Waals surface area contributed by atoms with E-state index in [2.05, 4.69) is 10.3 Å². The molecular weight excluding hydrogens is 384 g/mol. The lowest BCUT2D eigenvalue weighted by Crippen LogP contribution is -2.48. The molecule has 0 spiro atoms. The average molecular weight is 412 g/mol. The number of nitrogens with zero attached hydrogens (tertiary/aromatic N) is 2. The molecule has 2 rings (SSSR count). The molecular formula is C18H27N4O5S. The first kappa shape index (κ1) is 22.3. The van der Waals surface area contributed by atoms with Crippen molar-refractivity contribution in [3.05, 3.63) is 30.8 Å². The molecule has 9 nitrogen and oxygen atoms in total. The Bertz CT molecular complexity index is 786. The maximum atomic E-state index is 12.9. The van der Waals surface area contributed by atoms with Crippen LogP contribution in [0.5, 0.6) is 0 Å². The van der Waals surface area contributed by atoms with Crippen LogP contribution in [-0.2, 0) is 19.6 Å². The normalized spacial score (nSPS) is 24.9. The highest BCUT2D eigenvalue weighted by Gasteiger charge is 2.37. The first-order valence-corrected chi connectivity index (χ1v) is 10.6. The van der Waals surface area contributed by atoms with Crippen molar-refractivity contribution in [3.8, 4) is 0 Å². The standard InChI is InChI=1S/C18H27N4O5S/c1-12(18(19)25)6-9-16(24)21-14-8-7-13(2)22(11-15(14)23)28(26,27)17-5-3-4-10-20-17/h3-5,9-10,12-15,23H,6-8,11H2,1-2H3,(H2,19,25)(H,21,24)/t12?,13-,14+,15+/m1/s1. The van der Waals surface area contributed by atoms with Gasteiger partial charge in [0.05, 0.1) is 18.6 Å². The SMILES string of the molecule is CC(C[CH]C(=O)N[C@H]1CC[C@@H](C)N(S(=O)(=O)c2ccccn2)C[C@@H]1O)C(N)=O. The van der Waals surface area contributed by atoms with Crippen molar-refractivity contribution in [2.75, 3.05) is 6.54 Å². The Morgan fingerprint density at radius 1 is 1.43 bits per heavy atom. The van der Waals surface area contributed by atoms with Gasteiger partial charge < -0.3 is 16.2 Å². The van der Waals surface area contributed by atoms with Crippen molar-refractivity contribution in [2.45, 2.75) is 56.3 Å². The lowest BCUT2D eigenvalue weighted by molar-refractivity contribution is -0.121. The molecule has 4 N–H and O–H groups in total. The number of aromatic nitrogens is 1. The summed E-state index contributed by atoms with van der Waals surface area (Å²) < 4.78 is 27.0. The van der Waals surface area contributed by atoms with Crippen LogP contribution in [0.2, 0.25) is 0 Å². The van der Waals surface area contributed by atoms with E-state index in [1.165, 1.54) is 23.0 Å². The van der Waals surface area contributed by atoms with Gasteiger partial charge >= 0.3 is 0 Å². The van der Waals surface area contributed by atoms with E-state index in [1.807, 2.05) is 0 Å². The molecule has 1 aromatic rings. The lowest BCUT2D eigenvalue weighted by atomic mass is 10.0. The van der Waals surface area contributed by atoms with Crippen molar-refractivity contribution in [3.63, 3.8) is 0 Å². The van der Waals surface area contributed by atoms with E-state index in [0.29, 0.717) is 12.8 Å². The number of nitrogens with two attached hydrogens (primary N) is 1. The van der Waals surface area contributed by atoms with Crippen LogP contribution in [0.25, 0.3) is 0 Å². The summed E-state index contributed by atoms with van der Waals surface area (Å²) in [5, 5.41) is 13.2. The van der Waals surface area contributed by atoms with Gasteiger partial charge in [-0.05, 0) is 38.3 Å². The van der Waals surface area contributed by atoms with Gasteiger partial charge in [0, 0.05) is 24.7 Å². The fraction of sp³-hybridized carbons (Fsp3) is 0.556. The number of aliphatic hydroxyl groups excluding tert-OH is 1. The molecule has 0 aromatic carbocycles. The number of sulfonamides is 1. The number of aliphatic hydroxyl groups is 1. The van der Waals surface area contributed by atoms with Crippen LogP contribution in [0.1, 0.15) is 33.1 Å². The zero-order valence-corrected chi connectivity index (χ0v) is 16.8.